The molecule has 2 N–H and O–H groups in total. The Bertz CT molecular complexity index is 330. The average molecular weight is 219 g/mol. The fourth-order valence-electron chi connectivity index (χ4n) is 2.23. The van der Waals surface area contributed by atoms with E-state index in [1.807, 2.05) is 0 Å². The zero-order valence-corrected chi connectivity index (χ0v) is 10.0. The van der Waals surface area contributed by atoms with Gasteiger partial charge in [-0.2, -0.15) is 0 Å². The molecular formula is C13H21N3. The number of hydrogen-bond donors (Lipinski definition) is 1. The fraction of sp³-hybridized carbons (Fsp3) is 0.538. The molecule has 0 unspecified atom stereocenters. The highest BCUT2D eigenvalue weighted by atomic mass is 15.2. The highest BCUT2D eigenvalue weighted by Crippen LogP contribution is 2.21. The van der Waals surface area contributed by atoms with Crippen molar-refractivity contribution in [1.82, 2.24) is 4.90 Å². The first-order valence-electron chi connectivity index (χ1n) is 6.02. The third kappa shape index (κ3) is 2.54. The van der Waals surface area contributed by atoms with Gasteiger partial charge in [0.1, 0.15) is 0 Å². The topological polar surface area (TPSA) is 32.5 Å². The lowest BCUT2D eigenvalue weighted by Crippen LogP contribution is -2.44. The first-order chi connectivity index (χ1) is 7.81. The highest BCUT2D eigenvalue weighted by Gasteiger charge is 2.15. The second kappa shape index (κ2) is 5.32. The largest absolute Gasteiger partial charge is 0.369 e. The molecule has 88 valence electrons. The lowest BCUT2D eigenvalue weighted by Gasteiger charge is -2.35. The normalized spacial score (nSPS) is 17.8. The van der Waals surface area contributed by atoms with Crippen molar-refractivity contribution in [2.45, 2.75) is 6.42 Å². The molecule has 0 aliphatic carbocycles. The quantitative estimate of drug-likeness (QED) is 0.821. The molecule has 3 nitrogen and oxygen atoms in total. The Morgan fingerprint density at radius 1 is 1.12 bits per heavy atom. The lowest BCUT2D eigenvalue weighted by atomic mass is 10.1. The van der Waals surface area contributed by atoms with Crippen molar-refractivity contribution in [3.05, 3.63) is 29.8 Å². The Morgan fingerprint density at radius 2 is 1.81 bits per heavy atom. The van der Waals surface area contributed by atoms with Gasteiger partial charge in [0.15, 0.2) is 0 Å². The maximum Gasteiger partial charge on any atom is 0.0400 e. The molecule has 1 aliphatic rings. The Hall–Kier alpha value is -1.06. The summed E-state index contributed by atoms with van der Waals surface area (Å²) < 4.78 is 0. The summed E-state index contributed by atoms with van der Waals surface area (Å²) >= 11 is 0. The van der Waals surface area contributed by atoms with Gasteiger partial charge in [-0.25, -0.2) is 0 Å². The van der Waals surface area contributed by atoms with Crippen LogP contribution < -0.4 is 10.6 Å². The van der Waals surface area contributed by atoms with E-state index in [2.05, 4.69) is 41.1 Å². The fourth-order valence-corrected chi connectivity index (χ4v) is 2.23. The van der Waals surface area contributed by atoms with Crippen LogP contribution in [0, 0.1) is 0 Å². The van der Waals surface area contributed by atoms with E-state index < -0.39 is 0 Å². The molecule has 0 bridgehead atoms. The second-order valence-corrected chi connectivity index (χ2v) is 4.46. The molecule has 2 rings (SSSR count). The number of benzene rings is 1. The van der Waals surface area contributed by atoms with Gasteiger partial charge in [0.2, 0.25) is 0 Å². The Kier molecular flexibility index (Phi) is 3.80. The van der Waals surface area contributed by atoms with Crippen LogP contribution in [-0.4, -0.2) is 44.7 Å². The maximum absolute atomic E-state index is 5.65. The molecule has 0 aromatic heterocycles. The minimum absolute atomic E-state index is 0.727. The van der Waals surface area contributed by atoms with E-state index in [4.69, 9.17) is 5.73 Å². The molecular weight excluding hydrogens is 198 g/mol. The summed E-state index contributed by atoms with van der Waals surface area (Å²) in [6.07, 6.45) is 0.975. The average Bonchev–Trinajstić information content (AvgIpc) is 2.32. The van der Waals surface area contributed by atoms with Crippen LogP contribution in [0.2, 0.25) is 0 Å². The zero-order valence-electron chi connectivity index (χ0n) is 10.0. The summed E-state index contributed by atoms with van der Waals surface area (Å²) in [6, 6.07) is 8.63. The van der Waals surface area contributed by atoms with Gasteiger partial charge in [-0.3, -0.25) is 0 Å². The molecule has 1 saturated heterocycles. The van der Waals surface area contributed by atoms with Gasteiger partial charge in [0.25, 0.3) is 0 Å². The van der Waals surface area contributed by atoms with Crippen LogP contribution in [0.3, 0.4) is 0 Å². The standard InChI is InChI=1S/C13H21N3/c1-15-8-10-16(11-9-15)13-5-3-2-4-12(13)6-7-14/h2-5H,6-11,14H2,1H3. The van der Waals surface area contributed by atoms with Gasteiger partial charge in [0, 0.05) is 31.9 Å². The van der Waals surface area contributed by atoms with Crippen LogP contribution in [0.4, 0.5) is 5.69 Å². The summed E-state index contributed by atoms with van der Waals surface area (Å²) in [7, 11) is 2.18. The van der Waals surface area contributed by atoms with E-state index in [0.29, 0.717) is 0 Å². The number of para-hydroxylation sites is 1. The third-order valence-electron chi connectivity index (χ3n) is 3.25. The number of hydrogen-bond acceptors (Lipinski definition) is 3. The Morgan fingerprint density at radius 3 is 2.50 bits per heavy atom. The first-order valence-corrected chi connectivity index (χ1v) is 6.02. The molecule has 16 heavy (non-hydrogen) atoms. The van der Waals surface area contributed by atoms with Crippen LogP contribution in [0.25, 0.3) is 0 Å². The monoisotopic (exact) mass is 219 g/mol. The van der Waals surface area contributed by atoms with Crippen LogP contribution >= 0.6 is 0 Å². The van der Waals surface area contributed by atoms with Crippen molar-refractivity contribution in [3.63, 3.8) is 0 Å². The Labute approximate surface area is 97.8 Å². The van der Waals surface area contributed by atoms with Crippen LogP contribution in [0.5, 0.6) is 0 Å². The number of rotatable bonds is 3. The van der Waals surface area contributed by atoms with Gasteiger partial charge in [0.05, 0.1) is 0 Å². The van der Waals surface area contributed by atoms with E-state index in [9.17, 15) is 0 Å². The van der Waals surface area contributed by atoms with Crippen LogP contribution in [0.15, 0.2) is 24.3 Å². The van der Waals surface area contributed by atoms with Crippen molar-refractivity contribution in [2.24, 2.45) is 5.73 Å². The molecule has 1 aromatic carbocycles. The van der Waals surface area contributed by atoms with Crippen molar-refractivity contribution in [2.75, 3.05) is 44.7 Å². The van der Waals surface area contributed by atoms with Gasteiger partial charge in [-0.05, 0) is 31.6 Å². The molecule has 0 saturated carbocycles. The van der Waals surface area contributed by atoms with E-state index >= 15 is 0 Å². The number of nitrogens with two attached hydrogens (primary N) is 1. The van der Waals surface area contributed by atoms with Crippen molar-refractivity contribution in [1.29, 1.82) is 0 Å². The number of nitrogens with zero attached hydrogens (tertiary/aromatic N) is 2. The molecule has 3 heteroatoms. The van der Waals surface area contributed by atoms with E-state index in [1.165, 1.54) is 11.3 Å². The summed E-state index contributed by atoms with van der Waals surface area (Å²) in [5.41, 5.74) is 8.41. The highest BCUT2D eigenvalue weighted by molar-refractivity contribution is 5.54. The molecule has 1 heterocycles. The van der Waals surface area contributed by atoms with Gasteiger partial charge in [-0.15, -0.1) is 0 Å². The van der Waals surface area contributed by atoms with E-state index in [-0.39, 0.29) is 0 Å². The molecule has 0 radical (unpaired) electrons. The van der Waals surface area contributed by atoms with Gasteiger partial charge in [-0.1, -0.05) is 18.2 Å². The smallest absolute Gasteiger partial charge is 0.0400 e. The zero-order chi connectivity index (χ0) is 11.4. The van der Waals surface area contributed by atoms with E-state index in [1.54, 1.807) is 0 Å². The SMILES string of the molecule is CN1CCN(c2ccccc2CCN)CC1. The summed E-state index contributed by atoms with van der Waals surface area (Å²) in [4.78, 5) is 4.85. The van der Waals surface area contributed by atoms with Crippen molar-refractivity contribution < 1.29 is 0 Å². The molecule has 1 aromatic rings. The predicted molar refractivity (Wildman–Crippen MR) is 68.9 cm³/mol. The second-order valence-electron chi connectivity index (χ2n) is 4.46. The number of piperazine rings is 1. The first kappa shape index (κ1) is 11.4. The third-order valence-corrected chi connectivity index (χ3v) is 3.25. The maximum atomic E-state index is 5.65. The molecule has 1 fully saturated rings. The summed E-state index contributed by atoms with van der Waals surface area (Å²) in [5, 5.41) is 0. The minimum atomic E-state index is 0.727. The van der Waals surface area contributed by atoms with Crippen molar-refractivity contribution in [3.8, 4) is 0 Å². The lowest BCUT2D eigenvalue weighted by molar-refractivity contribution is 0.312. The summed E-state index contributed by atoms with van der Waals surface area (Å²) in [5.74, 6) is 0. The summed E-state index contributed by atoms with van der Waals surface area (Å²) in [6.45, 7) is 5.27. The van der Waals surface area contributed by atoms with Crippen LogP contribution in [0.1, 0.15) is 5.56 Å². The van der Waals surface area contributed by atoms with Gasteiger partial charge >= 0.3 is 0 Å². The van der Waals surface area contributed by atoms with E-state index in [0.717, 1.165) is 39.1 Å². The number of likely N-dealkylation sites (N-methyl/N-ethyl adjacent to an activating group) is 1. The molecule has 1 aliphatic heterocycles. The van der Waals surface area contributed by atoms with Gasteiger partial charge < -0.3 is 15.5 Å². The predicted octanol–water partition coefficient (Wildman–Crippen LogP) is 0.940. The minimum Gasteiger partial charge on any atom is -0.369 e. The molecule has 0 amide bonds. The molecule has 0 atom stereocenters. The van der Waals surface area contributed by atoms with Crippen molar-refractivity contribution >= 4 is 5.69 Å². The Balaban J connectivity index is 2.13. The molecule has 0 spiro atoms. The van der Waals surface area contributed by atoms with Crippen LogP contribution in [-0.2, 0) is 6.42 Å². The number of anilines is 1.